The Morgan fingerprint density at radius 2 is 2.05 bits per heavy atom. The van der Waals surface area contributed by atoms with Gasteiger partial charge in [0.05, 0.1) is 5.56 Å². The molecule has 1 aliphatic carbocycles. The van der Waals surface area contributed by atoms with E-state index < -0.39 is 5.60 Å². The third-order valence-corrected chi connectivity index (χ3v) is 11.0. The zero-order valence-corrected chi connectivity index (χ0v) is 25.7. The van der Waals surface area contributed by atoms with Gasteiger partial charge in [-0.2, -0.15) is 0 Å². The van der Waals surface area contributed by atoms with Crippen LogP contribution in [0.15, 0.2) is 24.3 Å². The molecule has 218 valence electrons. The van der Waals surface area contributed by atoms with E-state index in [1.165, 1.54) is 32.7 Å². The minimum Gasteiger partial charge on any atom is -0.455 e. The van der Waals surface area contributed by atoms with Crippen molar-refractivity contribution in [1.82, 2.24) is 15.1 Å². The highest BCUT2D eigenvalue weighted by Crippen LogP contribution is 2.52. The van der Waals surface area contributed by atoms with Crippen LogP contribution in [0, 0.1) is 5.82 Å². The Bertz CT molecular complexity index is 1490. The van der Waals surface area contributed by atoms with Crippen molar-refractivity contribution in [2.75, 3.05) is 39.0 Å². The smallest absolute Gasteiger partial charge is 0.342 e. The van der Waals surface area contributed by atoms with Crippen LogP contribution >= 0.6 is 22.7 Å². The van der Waals surface area contributed by atoms with Crippen LogP contribution in [0.4, 0.5) is 14.2 Å². The molecule has 1 aromatic carbocycles. The summed E-state index contributed by atoms with van der Waals surface area (Å²) >= 11 is 3.19. The summed E-state index contributed by atoms with van der Waals surface area (Å²) in [4.78, 5) is 34.4. The number of likely N-dealkylation sites (N-methyl/N-ethyl adjacent to an activating group) is 1. The molecule has 3 aromatic rings. The number of benzene rings is 1. The van der Waals surface area contributed by atoms with Crippen LogP contribution in [0.3, 0.4) is 0 Å². The number of carbonyl (C=O) groups is 2. The Kier molecular flexibility index (Phi) is 7.69. The Morgan fingerprint density at radius 3 is 2.83 bits per heavy atom. The minimum absolute atomic E-state index is 0.150. The Morgan fingerprint density at radius 1 is 1.22 bits per heavy atom. The lowest BCUT2D eigenvalue weighted by Gasteiger charge is -2.40. The molecule has 0 radical (unpaired) electrons. The first-order valence-corrected chi connectivity index (χ1v) is 15.9. The highest BCUT2D eigenvalue weighted by atomic mass is 32.1. The third-order valence-electron chi connectivity index (χ3n) is 8.51. The molecular weight excluding hydrogens is 559 g/mol. The van der Waals surface area contributed by atoms with Crippen molar-refractivity contribution >= 4 is 39.7 Å². The molecule has 1 unspecified atom stereocenters. The molecule has 0 saturated carbocycles. The molecule has 0 bridgehead atoms. The number of hydrogen-bond acceptors (Lipinski definition) is 7. The van der Waals surface area contributed by atoms with E-state index in [4.69, 9.17) is 4.74 Å². The van der Waals surface area contributed by atoms with E-state index in [0.29, 0.717) is 17.1 Å². The van der Waals surface area contributed by atoms with Crippen molar-refractivity contribution in [3.05, 3.63) is 62.1 Å². The molecule has 2 aromatic heterocycles. The molecule has 0 spiro atoms. The Balaban J connectivity index is 1.23. The number of fused-ring (bicyclic) bond motifs is 1. The second-order valence-corrected chi connectivity index (χ2v) is 14.3. The van der Waals surface area contributed by atoms with Crippen molar-refractivity contribution in [2.24, 2.45) is 0 Å². The van der Waals surface area contributed by atoms with Gasteiger partial charge in [0.2, 0.25) is 0 Å². The van der Waals surface area contributed by atoms with Gasteiger partial charge in [-0.05, 0) is 88.0 Å². The van der Waals surface area contributed by atoms with E-state index in [2.05, 4.69) is 34.5 Å². The largest absolute Gasteiger partial charge is 0.455 e. The molecule has 10 heteroatoms. The number of thiophene rings is 2. The number of nitrogens with one attached hydrogen (secondary N) is 2. The maximum atomic E-state index is 14.2. The van der Waals surface area contributed by atoms with Crippen molar-refractivity contribution in [1.29, 1.82) is 0 Å². The van der Waals surface area contributed by atoms with Crippen LogP contribution in [-0.4, -0.2) is 61.1 Å². The number of anilines is 1. The van der Waals surface area contributed by atoms with Crippen LogP contribution in [-0.2, 0) is 30.7 Å². The lowest BCUT2D eigenvalue weighted by Crippen LogP contribution is -2.41. The molecule has 7 nitrogen and oxygen atoms in total. The fraction of sp³-hybridized carbons (Fsp3) is 0.484. The number of esters is 1. The predicted molar refractivity (Wildman–Crippen MR) is 163 cm³/mol. The number of amides is 2. The quantitative estimate of drug-likeness (QED) is 0.317. The third kappa shape index (κ3) is 5.55. The molecule has 2 N–H and O–H groups in total. The van der Waals surface area contributed by atoms with Crippen LogP contribution in [0.1, 0.15) is 69.4 Å². The van der Waals surface area contributed by atoms with E-state index in [1.807, 2.05) is 19.9 Å². The maximum absolute atomic E-state index is 14.2. The number of rotatable bonds is 7. The molecule has 41 heavy (non-hydrogen) atoms. The number of halogens is 1. The summed E-state index contributed by atoms with van der Waals surface area (Å²) < 4.78 is 20.0. The number of nitrogens with zero attached hydrogens (tertiary/aromatic N) is 2. The maximum Gasteiger partial charge on any atom is 0.342 e. The molecule has 2 aliphatic heterocycles. The SMILES string of the molecule is CN(C)CCN1CCc2c(sc(-c3cccc(F)c3)c2CNC(=O)Nc2sc3c4c2C(=O)OC(C)(C)C4CCC3)C1. The molecule has 2 amide bonds. The Hall–Kier alpha value is -2.79. The number of urea groups is 1. The monoisotopic (exact) mass is 596 g/mol. The minimum atomic E-state index is -0.548. The van der Waals surface area contributed by atoms with Gasteiger partial charge in [0, 0.05) is 53.3 Å². The molecule has 0 saturated heterocycles. The van der Waals surface area contributed by atoms with Gasteiger partial charge in [0.1, 0.15) is 16.4 Å². The van der Waals surface area contributed by atoms with Gasteiger partial charge in [-0.25, -0.2) is 14.0 Å². The summed E-state index contributed by atoms with van der Waals surface area (Å²) in [6, 6.07) is 6.32. The average molecular weight is 597 g/mol. The van der Waals surface area contributed by atoms with Crippen LogP contribution < -0.4 is 10.6 Å². The van der Waals surface area contributed by atoms with E-state index >= 15 is 0 Å². The lowest BCUT2D eigenvalue weighted by molar-refractivity contribution is -0.0234. The zero-order chi connectivity index (χ0) is 28.9. The first-order valence-electron chi connectivity index (χ1n) is 14.3. The van der Waals surface area contributed by atoms with Crippen LogP contribution in [0.5, 0.6) is 0 Å². The second kappa shape index (κ2) is 11.1. The lowest BCUT2D eigenvalue weighted by atomic mass is 9.74. The van der Waals surface area contributed by atoms with Gasteiger partial charge in [0.15, 0.2) is 0 Å². The van der Waals surface area contributed by atoms with E-state index in [1.54, 1.807) is 23.5 Å². The summed E-state index contributed by atoms with van der Waals surface area (Å²) in [7, 11) is 4.17. The number of carbonyl (C=O) groups excluding carboxylic acids is 2. The number of cyclic esters (lactones) is 1. The predicted octanol–water partition coefficient (Wildman–Crippen LogP) is 6.23. The number of hydrogen-bond donors (Lipinski definition) is 2. The van der Waals surface area contributed by atoms with E-state index in [9.17, 15) is 14.0 Å². The average Bonchev–Trinajstić information content (AvgIpc) is 3.47. The van der Waals surface area contributed by atoms with Crippen molar-refractivity contribution in [3.63, 3.8) is 0 Å². The number of ether oxygens (including phenoxy) is 1. The normalized spacial score (nSPS) is 19.5. The molecule has 1 atom stereocenters. The summed E-state index contributed by atoms with van der Waals surface area (Å²) in [5, 5.41) is 6.59. The van der Waals surface area contributed by atoms with Gasteiger partial charge in [-0.3, -0.25) is 10.2 Å². The van der Waals surface area contributed by atoms with E-state index in [-0.39, 0.29) is 23.7 Å². The van der Waals surface area contributed by atoms with Gasteiger partial charge in [-0.1, -0.05) is 12.1 Å². The molecule has 4 heterocycles. The number of aryl methyl sites for hydroxylation is 1. The van der Waals surface area contributed by atoms with Crippen molar-refractivity contribution in [2.45, 2.75) is 64.1 Å². The van der Waals surface area contributed by atoms with Crippen LogP contribution in [0.2, 0.25) is 0 Å². The first kappa shape index (κ1) is 28.3. The highest BCUT2D eigenvalue weighted by molar-refractivity contribution is 7.17. The van der Waals surface area contributed by atoms with Crippen molar-refractivity contribution in [3.8, 4) is 10.4 Å². The Labute approximate surface area is 248 Å². The highest BCUT2D eigenvalue weighted by Gasteiger charge is 2.46. The first-order chi connectivity index (χ1) is 19.6. The molecular formula is C31H37FN4O3S2. The topological polar surface area (TPSA) is 73.9 Å². The second-order valence-electron chi connectivity index (χ2n) is 12.0. The van der Waals surface area contributed by atoms with Gasteiger partial charge < -0.3 is 15.0 Å². The van der Waals surface area contributed by atoms with Crippen molar-refractivity contribution < 1.29 is 18.7 Å². The zero-order valence-electron chi connectivity index (χ0n) is 24.1. The fourth-order valence-electron chi connectivity index (χ4n) is 6.42. The summed E-state index contributed by atoms with van der Waals surface area (Å²) in [6.45, 7) is 8.06. The van der Waals surface area contributed by atoms with Gasteiger partial charge in [-0.15, -0.1) is 22.7 Å². The summed E-state index contributed by atoms with van der Waals surface area (Å²) in [5.74, 6) is -0.487. The van der Waals surface area contributed by atoms with E-state index in [0.717, 1.165) is 73.4 Å². The summed E-state index contributed by atoms with van der Waals surface area (Å²) in [5.41, 5.74) is 4.17. The molecule has 3 aliphatic rings. The summed E-state index contributed by atoms with van der Waals surface area (Å²) in [6.07, 6.45) is 3.82. The van der Waals surface area contributed by atoms with Crippen LogP contribution in [0.25, 0.3) is 10.4 Å². The molecule has 6 rings (SSSR count). The standard InChI is InChI=1S/C31H37FN4O3S2/c1-31(2)22-9-6-10-23-25(22)26(29(37)39-31)28(41-23)34-30(38)33-16-21-20-11-12-36(14-13-35(3)4)17-24(20)40-27(21)18-7-5-8-19(32)15-18/h5,7-8,15,22H,6,9-14,16-17H2,1-4H3,(H2,33,34,38). The molecule has 0 fully saturated rings. The fourth-order valence-corrected chi connectivity index (χ4v) is 9.11. The van der Waals surface area contributed by atoms with Gasteiger partial charge in [0.25, 0.3) is 0 Å². The van der Waals surface area contributed by atoms with Gasteiger partial charge >= 0.3 is 12.0 Å².